The first kappa shape index (κ1) is 35.9. The molecule has 2 aliphatic rings. The number of likely N-dealkylation sites (N-methyl/N-ethyl adjacent to an activating group) is 1. The van der Waals surface area contributed by atoms with Crippen LogP contribution in [0.2, 0.25) is 0 Å². The Bertz CT molecular complexity index is 2560. The Morgan fingerprint density at radius 2 is 1.84 bits per heavy atom. The molecule has 1 aliphatic heterocycles. The van der Waals surface area contributed by atoms with Crippen LogP contribution in [0.25, 0.3) is 27.7 Å². The normalized spacial score (nSPS) is 17.2. The summed E-state index contributed by atoms with van der Waals surface area (Å²) in [5.74, 6) is -3.28. The van der Waals surface area contributed by atoms with Gasteiger partial charge in [0.25, 0.3) is 0 Å². The number of alkyl halides is 3. The first-order valence-electron chi connectivity index (χ1n) is 17.9. The van der Waals surface area contributed by atoms with Gasteiger partial charge in [-0.25, -0.2) is 23.1 Å². The predicted molar refractivity (Wildman–Crippen MR) is 192 cm³/mol. The van der Waals surface area contributed by atoms with Crippen LogP contribution < -0.4 is 4.90 Å². The first-order chi connectivity index (χ1) is 26.3. The minimum atomic E-state index is -4.72. The smallest absolute Gasteiger partial charge is 0.372 e. The lowest BCUT2D eigenvalue weighted by molar-refractivity contribution is -0.137. The van der Waals surface area contributed by atoms with E-state index in [1.54, 1.807) is 54.9 Å². The Morgan fingerprint density at radius 1 is 1.07 bits per heavy atom. The van der Waals surface area contributed by atoms with Crippen LogP contribution >= 0.6 is 0 Å². The van der Waals surface area contributed by atoms with Gasteiger partial charge in [0.1, 0.15) is 29.5 Å². The zero-order valence-electron chi connectivity index (χ0n) is 30.0. The number of aromatic nitrogens is 6. The van der Waals surface area contributed by atoms with E-state index in [2.05, 4.69) is 15.2 Å². The van der Waals surface area contributed by atoms with Gasteiger partial charge in [0.05, 0.1) is 34.3 Å². The number of halogens is 5. The van der Waals surface area contributed by atoms with Crippen LogP contribution in [0, 0.1) is 23.0 Å². The Morgan fingerprint density at radius 3 is 2.55 bits per heavy atom. The van der Waals surface area contributed by atoms with Crippen molar-refractivity contribution in [1.82, 2.24) is 33.6 Å². The predicted octanol–water partition coefficient (Wildman–Crippen LogP) is 7.49. The summed E-state index contributed by atoms with van der Waals surface area (Å²) in [7, 11) is 3.34. The summed E-state index contributed by atoms with van der Waals surface area (Å²) in [5, 5.41) is 16.6. The number of carbonyl (C=O) groups excluding carboxylic acids is 2. The van der Waals surface area contributed by atoms with Crippen molar-refractivity contribution in [2.75, 3.05) is 25.0 Å². The molecule has 282 valence electrons. The van der Waals surface area contributed by atoms with Gasteiger partial charge in [0.2, 0.25) is 11.6 Å². The van der Waals surface area contributed by atoms with Gasteiger partial charge in [-0.15, -0.1) is 10.2 Å². The van der Waals surface area contributed by atoms with Crippen LogP contribution in [-0.2, 0) is 19.6 Å². The Kier molecular flexibility index (Phi) is 8.70. The third-order valence-corrected chi connectivity index (χ3v) is 11.0. The molecule has 0 radical (unpaired) electrons. The van der Waals surface area contributed by atoms with Gasteiger partial charge in [-0.3, -0.25) is 4.79 Å². The van der Waals surface area contributed by atoms with Gasteiger partial charge in [0.15, 0.2) is 0 Å². The number of nitriles is 1. The minimum absolute atomic E-state index is 0.0533. The van der Waals surface area contributed by atoms with Gasteiger partial charge in [0, 0.05) is 61.7 Å². The molecule has 0 saturated heterocycles. The van der Waals surface area contributed by atoms with E-state index in [-0.39, 0.29) is 52.8 Å². The minimum Gasteiger partial charge on any atom is -0.372 e. The highest BCUT2D eigenvalue weighted by atomic mass is 19.4. The number of imidazole rings is 1. The maximum absolute atomic E-state index is 16.1. The van der Waals surface area contributed by atoms with Gasteiger partial charge >= 0.3 is 12.2 Å². The fraction of sp³-hybridized carbons (Fsp3) is 0.333. The first-order valence-corrected chi connectivity index (χ1v) is 17.9. The van der Waals surface area contributed by atoms with Crippen molar-refractivity contribution in [3.8, 4) is 17.2 Å². The lowest BCUT2D eigenvalue weighted by Crippen LogP contribution is -2.44. The molecule has 5 heterocycles. The summed E-state index contributed by atoms with van der Waals surface area (Å²) >= 11 is 0. The van der Waals surface area contributed by atoms with Crippen LogP contribution in [0.15, 0.2) is 55.2 Å². The number of fused-ring (bicyclic) bond motifs is 4. The number of amides is 1. The molecule has 4 aromatic heterocycles. The van der Waals surface area contributed by atoms with Crippen molar-refractivity contribution < 1.29 is 31.5 Å². The van der Waals surface area contributed by atoms with E-state index in [0.717, 1.165) is 29.1 Å². The molecule has 1 saturated carbocycles. The number of hydrogen-bond acceptors (Lipinski definition) is 7. The van der Waals surface area contributed by atoms with Gasteiger partial charge in [-0.1, -0.05) is 12.5 Å². The summed E-state index contributed by atoms with van der Waals surface area (Å²) in [4.78, 5) is 35.3. The molecule has 1 aliphatic carbocycles. The second-order valence-corrected chi connectivity index (χ2v) is 14.1. The zero-order chi connectivity index (χ0) is 38.9. The molecule has 55 heavy (non-hydrogen) atoms. The average molecular weight is 756 g/mol. The van der Waals surface area contributed by atoms with E-state index in [1.165, 1.54) is 15.6 Å². The molecule has 6 aromatic rings. The molecule has 8 rings (SSSR count). The van der Waals surface area contributed by atoms with Crippen LogP contribution in [0.1, 0.15) is 77.1 Å². The average Bonchev–Trinajstić information content (AvgIpc) is 3.89. The molecule has 0 bridgehead atoms. The van der Waals surface area contributed by atoms with E-state index >= 15 is 8.78 Å². The summed E-state index contributed by atoms with van der Waals surface area (Å²) in [6.07, 6.45) is 1.70. The fourth-order valence-electron chi connectivity index (χ4n) is 8.52. The molecule has 1 fully saturated rings. The quantitative estimate of drug-likeness (QED) is 0.132. The van der Waals surface area contributed by atoms with Gasteiger partial charge in [-0.2, -0.15) is 18.4 Å². The number of aryl methyl sites for hydroxylation is 1. The van der Waals surface area contributed by atoms with Crippen molar-refractivity contribution >= 4 is 34.1 Å². The summed E-state index contributed by atoms with van der Waals surface area (Å²) in [6, 6.07) is 8.76. The highest BCUT2D eigenvalue weighted by Crippen LogP contribution is 2.48. The summed E-state index contributed by atoms with van der Waals surface area (Å²) in [5.41, 5.74) is 1.04. The molecular weight excluding hydrogens is 721 g/mol. The number of anilines is 1. The Balaban J connectivity index is 1.16. The summed E-state index contributed by atoms with van der Waals surface area (Å²) < 4.78 is 80.8. The van der Waals surface area contributed by atoms with E-state index in [9.17, 15) is 28.0 Å². The maximum Gasteiger partial charge on any atom is 0.417 e. The number of pyridine rings is 1. The highest BCUT2D eigenvalue weighted by molar-refractivity contribution is 6.10. The Labute approximate surface area is 311 Å². The lowest BCUT2D eigenvalue weighted by Gasteiger charge is -2.37. The number of hydrogen-bond donors (Lipinski definition) is 0. The third-order valence-electron chi connectivity index (χ3n) is 11.0. The molecule has 2 atom stereocenters. The van der Waals surface area contributed by atoms with Crippen molar-refractivity contribution in [1.29, 1.82) is 5.26 Å². The molecule has 0 N–H and O–H groups in total. The van der Waals surface area contributed by atoms with Crippen molar-refractivity contribution in [2.45, 2.75) is 57.2 Å². The topological polar surface area (TPSA) is 117 Å². The molecule has 1 amide bonds. The van der Waals surface area contributed by atoms with E-state index in [1.807, 2.05) is 6.07 Å². The van der Waals surface area contributed by atoms with E-state index in [0.29, 0.717) is 60.0 Å². The van der Waals surface area contributed by atoms with Crippen LogP contribution in [0.5, 0.6) is 0 Å². The van der Waals surface area contributed by atoms with Gasteiger partial charge in [-0.05, 0) is 74.4 Å². The molecule has 2 unspecified atom stereocenters. The monoisotopic (exact) mass is 755 g/mol. The van der Waals surface area contributed by atoms with Crippen molar-refractivity contribution in [2.24, 2.45) is 7.05 Å². The Hall–Kier alpha value is -6.11. The van der Waals surface area contributed by atoms with Crippen molar-refractivity contribution in [3.05, 3.63) is 101 Å². The molecule has 0 spiro atoms. The number of ketones is 1. The van der Waals surface area contributed by atoms with E-state index < -0.39 is 41.1 Å². The summed E-state index contributed by atoms with van der Waals surface area (Å²) in [6.45, 7) is 2.36. The maximum atomic E-state index is 16.1. The number of benzene rings is 2. The zero-order valence-corrected chi connectivity index (χ0v) is 30.0. The molecule has 11 nitrogen and oxygen atoms in total. The van der Waals surface area contributed by atoms with Crippen LogP contribution in [0.3, 0.4) is 0 Å². The van der Waals surface area contributed by atoms with Gasteiger partial charge < -0.3 is 18.8 Å². The molecule has 16 heteroatoms. The second-order valence-electron chi connectivity index (χ2n) is 14.1. The fourth-order valence-corrected chi connectivity index (χ4v) is 8.52. The largest absolute Gasteiger partial charge is 0.417 e. The number of nitrogens with zero attached hydrogens (tertiary/aromatic N) is 9. The molecular formula is C39H34F5N9O2. The number of carbonyl (C=O) groups is 2. The molecule has 2 aromatic carbocycles. The van der Waals surface area contributed by atoms with E-state index in [4.69, 9.17) is 0 Å². The van der Waals surface area contributed by atoms with Crippen molar-refractivity contribution in [3.63, 3.8) is 0 Å². The SMILES string of the molecule is CCN(C(=O)n1cnnc1C#N)C1CCCC(c2c(F)cc(C(=O)c3cc4c5c(cccn35)-c3c(C(F)(F)F)cc5c(ncn5C)c3N(C)CC4)cc2F)C1. The third kappa shape index (κ3) is 5.80. The standard InChI is InChI=1S/C39H34F5N9O2/c1-4-51(38(55)53-20-47-48-31(53)18-45)24-8-5-7-21(13-24)32-27(40)14-23(15-28(32)41)37(54)30-16-22-10-12-49(2)36-33(25-9-6-11-52(30)35(22)25)26(39(42,43)44)17-29-34(36)46-19-50(29)3/h6,9,11,14-17,19-21,24H,4-5,7-8,10,12-13H2,1-3H3. The second kappa shape index (κ2) is 13.3. The van der Waals surface area contributed by atoms with Crippen LogP contribution in [-0.4, -0.2) is 71.6 Å². The number of rotatable bonds is 5. The lowest BCUT2D eigenvalue weighted by atomic mass is 9.80. The highest BCUT2D eigenvalue weighted by Gasteiger charge is 2.39. The van der Waals surface area contributed by atoms with Crippen LogP contribution in [0.4, 0.5) is 32.4 Å².